The van der Waals surface area contributed by atoms with Crippen molar-refractivity contribution in [1.29, 1.82) is 0 Å². The zero-order chi connectivity index (χ0) is 28.3. The number of aromatic nitrogens is 1. The highest BCUT2D eigenvalue weighted by atomic mass is 19.4. The van der Waals surface area contributed by atoms with Crippen LogP contribution in [0.15, 0.2) is 78.1 Å². The van der Waals surface area contributed by atoms with Crippen LogP contribution < -0.4 is 9.64 Å². The second-order valence-electron chi connectivity index (χ2n) is 9.91. The van der Waals surface area contributed by atoms with E-state index in [0.29, 0.717) is 36.6 Å². The van der Waals surface area contributed by atoms with Crippen LogP contribution in [0.2, 0.25) is 0 Å². The largest absolute Gasteiger partial charge is 0.478 e. The van der Waals surface area contributed by atoms with Gasteiger partial charge in [0, 0.05) is 31.5 Å². The number of hydrogen-bond donors (Lipinski definition) is 1. The molecular formula is C30H32F3N3O3. The fourth-order valence-electron chi connectivity index (χ4n) is 5.08. The van der Waals surface area contributed by atoms with E-state index in [2.05, 4.69) is 9.88 Å². The summed E-state index contributed by atoms with van der Waals surface area (Å²) < 4.78 is 48.4. The molecule has 0 radical (unpaired) electrons. The quantitative estimate of drug-likeness (QED) is 0.343. The van der Waals surface area contributed by atoms with Crippen molar-refractivity contribution in [1.82, 2.24) is 9.88 Å². The van der Waals surface area contributed by atoms with Crippen molar-refractivity contribution < 1.29 is 27.8 Å². The highest BCUT2D eigenvalue weighted by molar-refractivity contribution is 5.94. The molecule has 0 amide bonds. The Balaban J connectivity index is 1.84. The highest BCUT2D eigenvalue weighted by Gasteiger charge is 2.43. The SMILES string of the molecule is CC1=C(C(=O)O)C(c2ccccc2C(F)(F)F)c2c(ccnc2OC(C)C)N1CCN(C)Cc1ccccc1. The van der Waals surface area contributed by atoms with Gasteiger partial charge in [-0.2, -0.15) is 13.2 Å². The number of anilines is 1. The molecule has 0 aliphatic carbocycles. The van der Waals surface area contributed by atoms with Gasteiger partial charge in [0.15, 0.2) is 0 Å². The third kappa shape index (κ3) is 6.09. The molecule has 1 unspecified atom stereocenters. The van der Waals surface area contributed by atoms with Crippen molar-refractivity contribution in [2.45, 2.75) is 45.5 Å². The molecule has 0 saturated carbocycles. The van der Waals surface area contributed by atoms with Crippen molar-refractivity contribution in [2.75, 3.05) is 25.0 Å². The average Bonchev–Trinajstić information content (AvgIpc) is 2.87. The zero-order valence-corrected chi connectivity index (χ0v) is 22.4. The number of carboxylic acids is 1. The van der Waals surface area contributed by atoms with Crippen LogP contribution in [-0.2, 0) is 17.5 Å². The van der Waals surface area contributed by atoms with Gasteiger partial charge in [-0.15, -0.1) is 0 Å². The number of halogens is 3. The molecule has 6 nitrogen and oxygen atoms in total. The summed E-state index contributed by atoms with van der Waals surface area (Å²) in [5, 5.41) is 10.4. The normalized spacial score (nSPS) is 15.6. The van der Waals surface area contributed by atoms with Crippen LogP contribution >= 0.6 is 0 Å². The monoisotopic (exact) mass is 539 g/mol. The van der Waals surface area contributed by atoms with Gasteiger partial charge in [0.25, 0.3) is 0 Å². The Morgan fingerprint density at radius 2 is 1.77 bits per heavy atom. The summed E-state index contributed by atoms with van der Waals surface area (Å²) in [6.45, 7) is 6.91. The first-order chi connectivity index (χ1) is 18.5. The van der Waals surface area contributed by atoms with E-state index in [1.165, 1.54) is 18.2 Å². The summed E-state index contributed by atoms with van der Waals surface area (Å²) in [5.41, 5.74) is 1.25. The molecule has 1 N–H and O–H groups in total. The van der Waals surface area contributed by atoms with Crippen LogP contribution in [0.25, 0.3) is 0 Å². The fourth-order valence-corrected chi connectivity index (χ4v) is 5.08. The molecule has 2 aromatic carbocycles. The number of fused-ring (bicyclic) bond motifs is 1. The van der Waals surface area contributed by atoms with E-state index >= 15 is 0 Å². The van der Waals surface area contributed by atoms with Gasteiger partial charge in [-0.25, -0.2) is 9.78 Å². The number of rotatable bonds is 9. The van der Waals surface area contributed by atoms with E-state index in [4.69, 9.17) is 4.74 Å². The Hall–Kier alpha value is -3.85. The lowest BCUT2D eigenvalue weighted by molar-refractivity contribution is -0.139. The first-order valence-electron chi connectivity index (χ1n) is 12.7. The summed E-state index contributed by atoms with van der Waals surface area (Å²) in [6, 6.07) is 16.8. The summed E-state index contributed by atoms with van der Waals surface area (Å²) in [4.78, 5) is 21.0. The Morgan fingerprint density at radius 3 is 2.41 bits per heavy atom. The zero-order valence-electron chi connectivity index (χ0n) is 22.4. The number of carboxylic acid groups (broad SMARTS) is 1. The molecule has 1 aliphatic heterocycles. The lowest BCUT2D eigenvalue weighted by Gasteiger charge is -2.39. The summed E-state index contributed by atoms with van der Waals surface area (Å²) >= 11 is 0. The Morgan fingerprint density at radius 1 is 1.10 bits per heavy atom. The maximum Gasteiger partial charge on any atom is 0.416 e. The number of nitrogens with zero attached hydrogens (tertiary/aromatic N) is 3. The summed E-state index contributed by atoms with van der Waals surface area (Å²) in [5.74, 6) is -2.39. The number of likely N-dealkylation sites (N-methyl/N-ethyl adjacent to an activating group) is 1. The van der Waals surface area contributed by atoms with Gasteiger partial charge in [0.1, 0.15) is 0 Å². The van der Waals surface area contributed by atoms with Crippen LogP contribution in [0.3, 0.4) is 0 Å². The number of allylic oxidation sites excluding steroid dienone is 1. The number of pyridine rings is 1. The van der Waals surface area contributed by atoms with E-state index in [0.717, 1.165) is 11.6 Å². The van der Waals surface area contributed by atoms with Crippen molar-refractivity contribution in [3.05, 3.63) is 100 Å². The molecule has 1 aliphatic rings. The molecule has 1 aromatic heterocycles. The molecular weight excluding hydrogens is 507 g/mol. The van der Waals surface area contributed by atoms with Crippen LogP contribution in [0.5, 0.6) is 5.88 Å². The summed E-state index contributed by atoms with van der Waals surface area (Å²) in [7, 11) is 1.97. The predicted octanol–water partition coefficient (Wildman–Crippen LogP) is 6.33. The Kier molecular flexibility index (Phi) is 8.30. The molecule has 206 valence electrons. The van der Waals surface area contributed by atoms with E-state index < -0.39 is 23.6 Å². The molecule has 3 aromatic rings. The van der Waals surface area contributed by atoms with Gasteiger partial charge in [-0.1, -0.05) is 48.5 Å². The molecule has 9 heteroatoms. The van der Waals surface area contributed by atoms with Crippen molar-refractivity contribution in [2.24, 2.45) is 0 Å². The average molecular weight is 540 g/mol. The van der Waals surface area contributed by atoms with Crippen LogP contribution in [-0.4, -0.2) is 47.2 Å². The lowest BCUT2D eigenvalue weighted by Crippen LogP contribution is -2.38. The molecule has 1 atom stereocenters. The maximum absolute atomic E-state index is 14.2. The van der Waals surface area contributed by atoms with Crippen LogP contribution in [0.4, 0.5) is 18.9 Å². The Labute approximate surface area is 226 Å². The minimum Gasteiger partial charge on any atom is -0.478 e. The number of benzene rings is 2. The molecule has 0 bridgehead atoms. The van der Waals surface area contributed by atoms with Gasteiger partial charge in [0.2, 0.25) is 5.88 Å². The summed E-state index contributed by atoms with van der Waals surface area (Å²) in [6.07, 6.45) is -3.45. The van der Waals surface area contributed by atoms with E-state index in [9.17, 15) is 23.1 Å². The molecule has 0 fully saturated rings. The molecule has 0 saturated heterocycles. The van der Waals surface area contributed by atoms with Crippen molar-refractivity contribution in [3.8, 4) is 5.88 Å². The van der Waals surface area contributed by atoms with Crippen molar-refractivity contribution in [3.63, 3.8) is 0 Å². The Bertz CT molecular complexity index is 1360. The first-order valence-corrected chi connectivity index (χ1v) is 12.7. The standard InChI is InChI=1S/C30H32F3N3O3/c1-19(2)39-28-27-24(14-15-34-28)36(17-16-35(4)18-21-10-6-5-7-11-21)20(3)25(29(37)38)26(27)22-12-8-9-13-23(22)30(31,32)33/h5-15,19,26H,16-18H2,1-4H3,(H,37,38). The highest BCUT2D eigenvalue weighted by Crippen LogP contribution is 2.50. The van der Waals surface area contributed by atoms with Crippen LogP contribution in [0.1, 0.15) is 48.9 Å². The fraction of sp³-hybridized carbons (Fsp3) is 0.333. The minimum atomic E-state index is -4.67. The second-order valence-corrected chi connectivity index (χ2v) is 9.91. The molecule has 2 heterocycles. The molecule has 4 rings (SSSR count). The number of carbonyl (C=O) groups is 1. The lowest BCUT2D eigenvalue weighted by atomic mass is 9.78. The minimum absolute atomic E-state index is 0.123. The van der Waals surface area contributed by atoms with Gasteiger partial charge >= 0.3 is 12.1 Å². The second kappa shape index (κ2) is 11.5. The van der Waals surface area contributed by atoms with Crippen LogP contribution in [0, 0.1) is 0 Å². The first kappa shape index (κ1) is 28.2. The maximum atomic E-state index is 14.2. The number of aliphatic carboxylic acids is 1. The number of ether oxygens (including phenoxy) is 1. The number of alkyl halides is 3. The van der Waals surface area contributed by atoms with Gasteiger partial charge < -0.3 is 19.6 Å². The number of hydrogen-bond acceptors (Lipinski definition) is 5. The molecule has 0 spiro atoms. The molecule has 39 heavy (non-hydrogen) atoms. The van der Waals surface area contributed by atoms with Crippen molar-refractivity contribution >= 4 is 11.7 Å². The van der Waals surface area contributed by atoms with Gasteiger partial charge in [-0.3, -0.25) is 0 Å². The smallest absolute Gasteiger partial charge is 0.416 e. The van der Waals surface area contributed by atoms with E-state index in [-0.39, 0.29) is 23.1 Å². The van der Waals surface area contributed by atoms with E-state index in [1.807, 2.05) is 42.3 Å². The third-order valence-corrected chi connectivity index (χ3v) is 6.75. The topological polar surface area (TPSA) is 65.9 Å². The van der Waals surface area contributed by atoms with E-state index in [1.54, 1.807) is 33.0 Å². The van der Waals surface area contributed by atoms with Gasteiger partial charge in [-0.05, 0) is 51.1 Å². The third-order valence-electron chi connectivity index (χ3n) is 6.75. The van der Waals surface area contributed by atoms with Gasteiger partial charge in [0.05, 0.1) is 34.4 Å². The predicted molar refractivity (Wildman–Crippen MR) is 144 cm³/mol.